The lowest BCUT2D eigenvalue weighted by Crippen LogP contribution is -2.17. The Morgan fingerprint density at radius 2 is 2.50 bits per heavy atom. The summed E-state index contributed by atoms with van der Waals surface area (Å²) >= 11 is 5.10. The molecule has 0 aromatic rings. The van der Waals surface area contributed by atoms with E-state index in [2.05, 4.69) is 21.2 Å². The van der Waals surface area contributed by atoms with Gasteiger partial charge in [-0.3, -0.25) is 0 Å². The van der Waals surface area contributed by atoms with Crippen LogP contribution in [0.15, 0.2) is 22.4 Å². The number of hydrogen-bond donors (Lipinski definition) is 2. The van der Waals surface area contributed by atoms with Crippen LogP contribution in [0.25, 0.3) is 0 Å². The molecule has 0 aromatic carbocycles. The van der Waals surface area contributed by atoms with Crippen molar-refractivity contribution in [2.24, 2.45) is 5.73 Å². The maximum atomic E-state index is 10.5. The average molecular weight is 277 g/mol. The fourth-order valence-corrected chi connectivity index (χ4v) is 3.22. The van der Waals surface area contributed by atoms with Crippen molar-refractivity contribution < 1.29 is 9.53 Å². The van der Waals surface area contributed by atoms with E-state index in [0.717, 1.165) is 17.7 Å². The van der Waals surface area contributed by atoms with E-state index in [-0.39, 0.29) is 4.28 Å². The maximum Gasteiger partial charge on any atom is 0.409 e. The number of nitrogens with two attached hydrogens (primary N) is 1. The highest BCUT2D eigenvalue weighted by Crippen LogP contribution is 2.39. The van der Waals surface area contributed by atoms with Crippen LogP contribution in [0.2, 0.25) is 0 Å². The van der Waals surface area contributed by atoms with Crippen molar-refractivity contribution in [2.45, 2.75) is 17.1 Å². The summed E-state index contributed by atoms with van der Waals surface area (Å²) in [4.78, 5) is 11.7. The number of allylic oxidation sites excluding steroid dienone is 3. The highest BCUT2D eigenvalue weighted by molar-refractivity contribution is 9.11. The van der Waals surface area contributed by atoms with Crippen molar-refractivity contribution in [3.05, 3.63) is 22.4 Å². The Balaban J connectivity index is 2.10. The van der Waals surface area contributed by atoms with Crippen LogP contribution in [0.4, 0.5) is 4.79 Å². The second kappa shape index (κ2) is 3.86. The fourth-order valence-electron chi connectivity index (χ4n) is 1.41. The van der Waals surface area contributed by atoms with Crippen LogP contribution in [-0.2, 0) is 4.74 Å². The molecule has 0 radical (unpaired) electrons. The summed E-state index contributed by atoms with van der Waals surface area (Å²) in [6, 6.07) is 0. The van der Waals surface area contributed by atoms with Crippen molar-refractivity contribution in [3.8, 4) is 0 Å². The van der Waals surface area contributed by atoms with Crippen LogP contribution in [-0.4, -0.2) is 10.4 Å². The van der Waals surface area contributed by atoms with Crippen molar-refractivity contribution in [1.82, 2.24) is 5.32 Å². The molecule has 3 N–H and O–H groups in total. The van der Waals surface area contributed by atoms with Gasteiger partial charge in [-0.2, -0.15) is 0 Å². The Morgan fingerprint density at radius 1 is 1.71 bits per heavy atom. The number of amides is 1. The molecule has 2 rings (SSSR count). The van der Waals surface area contributed by atoms with Crippen LogP contribution in [0.3, 0.4) is 0 Å². The minimum absolute atomic E-state index is 0.219. The SMILES string of the molecule is NC(=O)OC1=CC2=C(CC1)NC(Br)S2. The van der Waals surface area contributed by atoms with Gasteiger partial charge in [0.05, 0.1) is 0 Å². The van der Waals surface area contributed by atoms with E-state index < -0.39 is 6.09 Å². The molecule has 14 heavy (non-hydrogen) atoms. The molecule has 0 fully saturated rings. The average Bonchev–Trinajstić information content (AvgIpc) is 2.42. The summed E-state index contributed by atoms with van der Waals surface area (Å²) in [7, 11) is 0. The largest absolute Gasteiger partial charge is 0.415 e. The van der Waals surface area contributed by atoms with Gasteiger partial charge < -0.3 is 15.8 Å². The molecule has 1 atom stereocenters. The smallest absolute Gasteiger partial charge is 0.409 e. The van der Waals surface area contributed by atoms with E-state index in [1.807, 2.05) is 6.08 Å². The van der Waals surface area contributed by atoms with E-state index in [1.165, 1.54) is 5.70 Å². The molecule has 1 unspecified atom stereocenters. The maximum absolute atomic E-state index is 10.5. The standard InChI is InChI=1S/C8H9BrN2O2S/c9-7-11-5-2-1-4(13-8(10)12)3-6(5)14-7/h3,7,11H,1-2H2,(H2,10,12). The lowest BCUT2D eigenvalue weighted by molar-refractivity contribution is 0.183. The Labute approximate surface area is 94.1 Å². The van der Waals surface area contributed by atoms with Crippen LogP contribution in [0, 0.1) is 0 Å². The quantitative estimate of drug-likeness (QED) is 0.568. The second-order valence-electron chi connectivity index (χ2n) is 2.95. The highest BCUT2D eigenvalue weighted by Gasteiger charge is 2.24. The summed E-state index contributed by atoms with van der Waals surface area (Å²) in [5.74, 6) is 0.646. The number of halogens is 1. The Kier molecular flexibility index (Phi) is 2.73. The van der Waals surface area contributed by atoms with Crippen molar-refractivity contribution in [1.29, 1.82) is 0 Å². The number of thioether (sulfide) groups is 1. The lowest BCUT2D eigenvalue weighted by Gasteiger charge is -2.13. The first-order chi connectivity index (χ1) is 6.65. The molecule has 4 nitrogen and oxygen atoms in total. The molecule has 0 bridgehead atoms. The van der Waals surface area contributed by atoms with Crippen LogP contribution in [0.5, 0.6) is 0 Å². The Bertz CT molecular complexity index is 340. The molecule has 0 spiro atoms. The number of hydrogen-bond acceptors (Lipinski definition) is 4. The highest BCUT2D eigenvalue weighted by atomic mass is 79.9. The molecular formula is C8H9BrN2O2S. The molecule has 1 aliphatic carbocycles. The van der Waals surface area contributed by atoms with Crippen molar-refractivity contribution in [3.63, 3.8) is 0 Å². The minimum atomic E-state index is -0.744. The summed E-state index contributed by atoms with van der Waals surface area (Å²) in [5, 5.41) is 3.27. The van der Waals surface area contributed by atoms with Gasteiger partial charge in [0.2, 0.25) is 0 Å². The lowest BCUT2D eigenvalue weighted by atomic mass is 10.1. The van der Waals surface area contributed by atoms with Gasteiger partial charge in [0, 0.05) is 17.0 Å². The third-order valence-electron chi connectivity index (χ3n) is 1.96. The summed E-state index contributed by atoms with van der Waals surface area (Å²) in [6.45, 7) is 0. The van der Waals surface area contributed by atoms with Gasteiger partial charge in [0.1, 0.15) is 10.0 Å². The third-order valence-corrected chi connectivity index (χ3v) is 3.69. The molecule has 76 valence electrons. The van der Waals surface area contributed by atoms with E-state index in [0.29, 0.717) is 5.76 Å². The van der Waals surface area contributed by atoms with Crippen LogP contribution < -0.4 is 11.1 Å². The molecule has 2 aliphatic rings. The van der Waals surface area contributed by atoms with Gasteiger partial charge in [0.15, 0.2) is 0 Å². The summed E-state index contributed by atoms with van der Waals surface area (Å²) in [5.41, 5.74) is 6.14. The van der Waals surface area contributed by atoms with Crippen molar-refractivity contribution in [2.75, 3.05) is 0 Å². The molecule has 0 saturated heterocycles. The first-order valence-corrected chi connectivity index (χ1v) is 5.93. The van der Waals surface area contributed by atoms with E-state index >= 15 is 0 Å². The monoisotopic (exact) mass is 276 g/mol. The molecular weight excluding hydrogens is 268 g/mol. The normalized spacial score (nSPS) is 25.2. The van der Waals surface area contributed by atoms with Crippen LogP contribution in [0.1, 0.15) is 12.8 Å². The van der Waals surface area contributed by atoms with E-state index in [1.54, 1.807) is 11.8 Å². The number of primary amides is 1. The number of rotatable bonds is 1. The van der Waals surface area contributed by atoms with Gasteiger partial charge in [-0.05, 0) is 12.5 Å². The first kappa shape index (κ1) is 9.92. The molecule has 0 aromatic heterocycles. The van der Waals surface area contributed by atoms with Gasteiger partial charge in [-0.15, -0.1) is 0 Å². The Morgan fingerprint density at radius 3 is 3.21 bits per heavy atom. The van der Waals surface area contributed by atoms with E-state index in [9.17, 15) is 4.79 Å². The summed E-state index contributed by atoms with van der Waals surface area (Å²) in [6.07, 6.45) is 2.70. The third kappa shape index (κ3) is 2.06. The topological polar surface area (TPSA) is 64.4 Å². The molecule has 6 heteroatoms. The molecule has 0 saturated carbocycles. The number of carbonyl (C=O) groups is 1. The number of alkyl halides is 1. The van der Waals surface area contributed by atoms with Gasteiger partial charge in [-0.1, -0.05) is 27.7 Å². The Hall–Kier alpha value is -0.620. The van der Waals surface area contributed by atoms with Crippen molar-refractivity contribution >= 4 is 33.8 Å². The molecule has 1 amide bonds. The summed E-state index contributed by atoms with van der Waals surface area (Å²) < 4.78 is 5.06. The number of ether oxygens (including phenoxy) is 1. The van der Waals surface area contributed by atoms with Gasteiger partial charge >= 0.3 is 6.09 Å². The number of carbonyl (C=O) groups excluding carboxylic acids is 1. The predicted molar refractivity (Wildman–Crippen MR) is 58.5 cm³/mol. The zero-order valence-corrected chi connectivity index (χ0v) is 9.65. The van der Waals surface area contributed by atoms with Gasteiger partial charge in [0.25, 0.3) is 0 Å². The van der Waals surface area contributed by atoms with Crippen LogP contribution >= 0.6 is 27.7 Å². The first-order valence-electron chi connectivity index (χ1n) is 4.13. The van der Waals surface area contributed by atoms with Gasteiger partial charge in [-0.25, -0.2) is 4.79 Å². The zero-order chi connectivity index (χ0) is 10.1. The predicted octanol–water partition coefficient (Wildman–Crippen LogP) is 1.99. The van der Waals surface area contributed by atoms with E-state index in [4.69, 9.17) is 10.5 Å². The fraction of sp³-hybridized carbons (Fsp3) is 0.375. The second-order valence-corrected chi connectivity index (χ2v) is 5.62. The number of nitrogens with one attached hydrogen (secondary N) is 1. The molecule has 1 aliphatic heterocycles. The minimum Gasteiger partial charge on any atom is -0.415 e. The zero-order valence-electron chi connectivity index (χ0n) is 7.25. The molecule has 1 heterocycles.